The van der Waals surface area contributed by atoms with Crippen LogP contribution in [-0.4, -0.2) is 12.1 Å². The van der Waals surface area contributed by atoms with Crippen LogP contribution in [0.2, 0.25) is 0 Å². The fraction of sp³-hybridized carbons (Fsp3) is 0.500. The molecule has 1 fully saturated rings. The predicted molar refractivity (Wildman–Crippen MR) is 63.4 cm³/mol. The van der Waals surface area contributed by atoms with Crippen molar-refractivity contribution in [3.05, 3.63) is 34.1 Å². The van der Waals surface area contributed by atoms with Gasteiger partial charge in [-0.2, -0.15) is 0 Å². The van der Waals surface area contributed by atoms with E-state index in [2.05, 4.69) is 28.2 Å². The summed E-state index contributed by atoms with van der Waals surface area (Å²) < 4.78 is 13.8. The number of benzene rings is 1. The molecule has 1 N–H and O–H groups in total. The zero-order valence-electron chi connectivity index (χ0n) is 8.76. The second-order valence-electron chi connectivity index (χ2n) is 4.29. The molecule has 0 radical (unpaired) electrons. The molecule has 2 rings (SSSR count). The van der Waals surface area contributed by atoms with E-state index >= 15 is 0 Å². The maximum Gasteiger partial charge on any atom is 0.137 e. The Labute approximate surface area is 98.2 Å². The second kappa shape index (κ2) is 4.62. The van der Waals surface area contributed by atoms with Gasteiger partial charge >= 0.3 is 0 Å². The van der Waals surface area contributed by atoms with Gasteiger partial charge in [-0.15, -0.1) is 0 Å². The Balaban J connectivity index is 1.93. The fourth-order valence-electron chi connectivity index (χ4n) is 1.73. The van der Waals surface area contributed by atoms with Crippen LogP contribution < -0.4 is 5.32 Å². The SMILES string of the molecule is CC(Cc1ccc(Br)c(F)c1)NC1CC1. The van der Waals surface area contributed by atoms with Gasteiger partial charge in [-0.3, -0.25) is 0 Å². The molecular formula is C12H15BrFN. The van der Waals surface area contributed by atoms with Crippen LogP contribution in [-0.2, 0) is 6.42 Å². The third kappa shape index (κ3) is 3.28. The number of hydrogen-bond donors (Lipinski definition) is 1. The summed E-state index contributed by atoms with van der Waals surface area (Å²) in [6.45, 7) is 2.15. The van der Waals surface area contributed by atoms with Crippen molar-refractivity contribution in [3.63, 3.8) is 0 Å². The molecule has 1 aliphatic carbocycles. The van der Waals surface area contributed by atoms with Crippen molar-refractivity contribution in [2.24, 2.45) is 0 Å². The van der Waals surface area contributed by atoms with Crippen molar-refractivity contribution in [3.8, 4) is 0 Å². The summed E-state index contributed by atoms with van der Waals surface area (Å²) in [5, 5.41) is 3.50. The number of rotatable bonds is 4. The highest BCUT2D eigenvalue weighted by molar-refractivity contribution is 9.10. The van der Waals surface area contributed by atoms with Gasteiger partial charge in [-0.05, 0) is 59.8 Å². The van der Waals surface area contributed by atoms with Crippen LogP contribution in [0.3, 0.4) is 0 Å². The van der Waals surface area contributed by atoms with E-state index in [4.69, 9.17) is 0 Å². The van der Waals surface area contributed by atoms with Crippen molar-refractivity contribution in [2.75, 3.05) is 0 Å². The summed E-state index contributed by atoms with van der Waals surface area (Å²) in [6.07, 6.45) is 3.47. The first-order valence-corrected chi connectivity index (χ1v) is 6.14. The first-order valence-electron chi connectivity index (χ1n) is 5.35. The van der Waals surface area contributed by atoms with Gasteiger partial charge in [0.15, 0.2) is 0 Å². The van der Waals surface area contributed by atoms with E-state index in [9.17, 15) is 4.39 Å². The Morgan fingerprint density at radius 1 is 1.53 bits per heavy atom. The Hall–Kier alpha value is -0.410. The lowest BCUT2D eigenvalue weighted by Crippen LogP contribution is -2.29. The summed E-state index contributed by atoms with van der Waals surface area (Å²) in [7, 11) is 0. The molecule has 1 aromatic rings. The van der Waals surface area contributed by atoms with E-state index in [0.29, 0.717) is 16.6 Å². The minimum absolute atomic E-state index is 0.175. The van der Waals surface area contributed by atoms with Crippen LogP contribution in [0.5, 0.6) is 0 Å². The highest BCUT2D eigenvalue weighted by Gasteiger charge is 2.22. The maximum atomic E-state index is 13.2. The van der Waals surface area contributed by atoms with Crippen LogP contribution in [0.4, 0.5) is 4.39 Å². The third-order valence-corrected chi connectivity index (χ3v) is 3.27. The van der Waals surface area contributed by atoms with Crippen LogP contribution in [0.25, 0.3) is 0 Å². The zero-order valence-corrected chi connectivity index (χ0v) is 10.3. The normalized spacial score (nSPS) is 17.8. The van der Waals surface area contributed by atoms with Gasteiger partial charge < -0.3 is 5.32 Å². The first-order chi connectivity index (χ1) is 7.15. The standard InChI is InChI=1S/C12H15BrFN/c1-8(15-10-3-4-10)6-9-2-5-11(13)12(14)7-9/h2,5,7-8,10,15H,3-4,6H2,1H3. The number of halogens is 2. The lowest BCUT2D eigenvalue weighted by atomic mass is 10.1. The van der Waals surface area contributed by atoms with Gasteiger partial charge in [0.2, 0.25) is 0 Å². The highest BCUT2D eigenvalue weighted by Crippen LogP contribution is 2.21. The van der Waals surface area contributed by atoms with Crippen LogP contribution in [0.1, 0.15) is 25.3 Å². The molecule has 0 amide bonds. The molecule has 1 unspecified atom stereocenters. The summed E-state index contributed by atoms with van der Waals surface area (Å²) >= 11 is 3.16. The summed E-state index contributed by atoms with van der Waals surface area (Å²) in [6, 6.07) is 6.49. The van der Waals surface area contributed by atoms with E-state index in [1.165, 1.54) is 12.8 Å². The molecule has 0 saturated heterocycles. The molecule has 1 aromatic carbocycles. The minimum atomic E-state index is -0.175. The Bertz CT molecular complexity index is 349. The average Bonchev–Trinajstić information content (AvgIpc) is 2.95. The topological polar surface area (TPSA) is 12.0 Å². The lowest BCUT2D eigenvalue weighted by molar-refractivity contribution is 0.540. The molecule has 1 aliphatic rings. The van der Waals surface area contributed by atoms with Gasteiger partial charge in [0, 0.05) is 12.1 Å². The highest BCUT2D eigenvalue weighted by atomic mass is 79.9. The monoisotopic (exact) mass is 271 g/mol. The second-order valence-corrected chi connectivity index (χ2v) is 5.15. The van der Waals surface area contributed by atoms with E-state index in [-0.39, 0.29) is 5.82 Å². The molecule has 1 atom stereocenters. The van der Waals surface area contributed by atoms with Gasteiger partial charge in [-0.1, -0.05) is 6.07 Å². The Kier molecular flexibility index (Phi) is 3.42. The summed E-state index contributed by atoms with van der Waals surface area (Å²) in [4.78, 5) is 0. The smallest absolute Gasteiger partial charge is 0.137 e. The number of hydrogen-bond acceptors (Lipinski definition) is 1. The number of nitrogens with one attached hydrogen (secondary N) is 1. The predicted octanol–water partition coefficient (Wildman–Crippen LogP) is 3.27. The molecule has 1 saturated carbocycles. The quantitative estimate of drug-likeness (QED) is 0.887. The first kappa shape index (κ1) is 11.1. The van der Waals surface area contributed by atoms with Crippen LogP contribution in [0.15, 0.2) is 22.7 Å². The molecule has 0 heterocycles. The largest absolute Gasteiger partial charge is 0.311 e. The van der Waals surface area contributed by atoms with Crippen molar-refractivity contribution in [1.82, 2.24) is 5.32 Å². The molecule has 0 spiro atoms. The molecule has 1 nitrogen and oxygen atoms in total. The Morgan fingerprint density at radius 2 is 2.27 bits per heavy atom. The van der Waals surface area contributed by atoms with E-state index < -0.39 is 0 Å². The molecular weight excluding hydrogens is 257 g/mol. The van der Waals surface area contributed by atoms with E-state index in [0.717, 1.165) is 12.0 Å². The lowest BCUT2D eigenvalue weighted by Gasteiger charge is -2.13. The van der Waals surface area contributed by atoms with E-state index in [1.807, 2.05) is 6.07 Å². The summed E-state index contributed by atoms with van der Waals surface area (Å²) in [5.74, 6) is -0.175. The molecule has 0 aliphatic heterocycles. The van der Waals surface area contributed by atoms with Crippen molar-refractivity contribution >= 4 is 15.9 Å². The van der Waals surface area contributed by atoms with Gasteiger partial charge in [0.1, 0.15) is 5.82 Å². The summed E-state index contributed by atoms with van der Waals surface area (Å²) in [5.41, 5.74) is 1.05. The van der Waals surface area contributed by atoms with Crippen molar-refractivity contribution < 1.29 is 4.39 Å². The van der Waals surface area contributed by atoms with Gasteiger partial charge in [0.05, 0.1) is 4.47 Å². The molecule has 15 heavy (non-hydrogen) atoms. The van der Waals surface area contributed by atoms with Gasteiger partial charge in [0.25, 0.3) is 0 Å². The van der Waals surface area contributed by atoms with Crippen molar-refractivity contribution in [1.29, 1.82) is 0 Å². The minimum Gasteiger partial charge on any atom is -0.311 e. The van der Waals surface area contributed by atoms with Crippen LogP contribution in [0, 0.1) is 5.82 Å². The van der Waals surface area contributed by atoms with Gasteiger partial charge in [-0.25, -0.2) is 4.39 Å². The zero-order chi connectivity index (χ0) is 10.8. The van der Waals surface area contributed by atoms with Crippen molar-refractivity contribution in [2.45, 2.75) is 38.3 Å². The third-order valence-electron chi connectivity index (χ3n) is 2.62. The maximum absolute atomic E-state index is 13.2. The molecule has 82 valence electrons. The molecule has 3 heteroatoms. The van der Waals surface area contributed by atoms with Crippen LogP contribution >= 0.6 is 15.9 Å². The van der Waals surface area contributed by atoms with E-state index in [1.54, 1.807) is 12.1 Å². The fourth-order valence-corrected chi connectivity index (χ4v) is 1.98. The molecule has 0 aromatic heterocycles. The molecule has 0 bridgehead atoms. The Morgan fingerprint density at radius 3 is 2.87 bits per heavy atom. The average molecular weight is 272 g/mol.